The van der Waals surface area contributed by atoms with Gasteiger partial charge in [0.25, 0.3) is 0 Å². The number of hydrogen-bond acceptors (Lipinski definition) is 4. The topological polar surface area (TPSA) is 56.8 Å². The third-order valence-corrected chi connectivity index (χ3v) is 1.92. The first-order valence-electron chi connectivity index (χ1n) is 5.40. The number of nitrogens with one attached hydrogen (secondary N) is 1. The van der Waals surface area contributed by atoms with Crippen LogP contribution in [0.15, 0.2) is 30.3 Å². The van der Waals surface area contributed by atoms with Crippen LogP contribution < -0.4 is 10.2 Å². The Labute approximate surface area is 101 Å². The van der Waals surface area contributed by atoms with Gasteiger partial charge in [-0.15, -0.1) is 0 Å². The molecule has 0 heterocycles. The lowest BCUT2D eigenvalue weighted by molar-refractivity contribution is -0.135. The molecular weight excluding hydrogens is 222 g/mol. The summed E-state index contributed by atoms with van der Waals surface area (Å²) in [4.78, 5) is 16.1. The summed E-state index contributed by atoms with van der Waals surface area (Å²) in [6.07, 6.45) is 0.252. The maximum atomic E-state index is 11.2. The minimum atomic E-state index is -0.211. The normalized spacial score (nSPS) is 9.94. The van der Waals surface area contributed by atoms with Crippen LogP contribution in [0.25, 0.3) is 0 Å². The van der Waals surface area contributed by atoms with E-state index >= 15 is 0 Å². The van der Waals surface area contributed by atoms with E-state index in [2.05, 4.69) is 5.48 Å². The molecule has 0 aliphatic carbocycles. The van der Waals surface area contributed by atoms with Crippen molar-refractivity contribution in [2.45, 2.75) is 6.42 Å². The minimum Gasteiger partial charge on any atom is -0.493 e. The van der Waals surface area contributed by atoms with Crippen LogP contribution in [0.5, 0.6) is 5.75 Å². The van der Waals surface area contributed by atoms with E-state index in [1.807, 2.05) is 30.3 Å². The Bertz CT molecular complexity index is 316. The molecule has 17 heavy (non-hydrogen) atoms. The fourth-order valence-corrected chi connectivity index (χ4v) is 1.09. The van der Waals surface area contributed by atoms with Crippen LogP contribution >= 0.6 is 0 Å². The summed E-state index contributed by atoms with van der Waals surface area (Å²) >= 11 is 0. The van der Waals surface area contributed by atoms with Gasteiger partial charge >= 0.3 is 0 Å². The largest absolute Gasteiger partial charge is 0.493 e. The molecule has 5 nitrogen and oxygen atoms in total. The lowest BCUT2D eigenvalue weighted by Gasteiger charge is -2.07. The SMILES string of the molecule is COCCONC(=O)CCOc1ccccc1. The second-order valence-corrected chi connectivity index (χ2v) is 3.28. The van der Waals surface area contributed by atoms with Gasteiger partial charge in [-0.3, -0.25) is 9.63 Å². The average molecular weight is 239 g/mol. The van der Waals surface area contributed by atoms with Gasteiger partial charge in [0.1, 0.15) is 5.75 Å². The molecule has 0 fully saturated rings. The molecule has 1 aromatic carbocycles. The number of hydrogen-bond donors (Lipinski definition) is 1. The first-order valence-corrected chi connectivity index (χ1v) is 5.40. The van der Waals surface area contributed by atoms with Crippen molar-refractivity contribution in [1.29, 1.82) is 0 Å². The smallest absolute Gasteiger partial charge is 0.246 e. The van der Waals surface area contributed by atoms with Crippen LogP contribution in [0.1, 0.15) is 6.42 Å². The molecule has 5 heteroatoms. The van der Waals surface area contributed by atoms with Gasteiger partial charge in [-0.05, 0) is 12.1 Å². The van der Waals surface area contributed by atoms with Gasteiger partial charge in [0, 0.05) is 7.11 Å². The zero-order chi connectivity index (χ0) is 12.3. The molecule has 1 N–H and O–H groups in total. The number of rotatable bonds is 8. The molecule has 1 aromatic rings. The van der Waals surface area contributed by atoms with Crippen molar-refractivity contribution in [3.63, 3.8) is 0 Å². The predicted octanol–water partition coefficient (Wildman–Crippen LogP) is 1.15. The Morgan fingerprint density at radius 3 is 2.65 bits per heavy atom. The molecule has 0 unspecified atom stereocenters. The van der Waals surface area contributed by atoms with Crippen molar-refractivity contribution in [3.05, 3.63) is 30.3 Å². The second-order valence-electron chi connectivity index (χ2n) is 3.28. The highest BCUT2D eigenvalue weighted by atomic mass is 16.7. The van der Waals surface area contributed by atoms with E-state index in [9.17, 15) is 4.79 Å². The lowest BCUT2D eigenvalue weighted by atomic mass is 10.3. The monoisotopic (exact) mass is 239 g/mol. The molecule has 0 saturated carbocycles. The van der Waals surface area contributed by atoms with E-state index in [0.29, 0.717) is 19.8 Å². The Hall–Kier alpha value is -1.59. The Kier molecular flexibility index (Phi) is 6.78. The fraction of sp³-hybridized carbons (Fsp3) is 0.417. The number of ether oxygens (including phenoxy) is 2. The Morgan fingerprint density at radius 2 is 1.94 bits per heavy atom. The Balaban J connectivity index is 2.04. The van der Waals surface area contributed by atoms with Crippen LogP contribution in [0.4, 0.5) is 0 Å². The zero-order valence-electron chi connectivity index (χ0n) is 9.85. The van der Waals surface area contributed by atoms with Crippen molar-refractivity contribution in [3.8, 4) is 5.75 Å². The summed E-state index contributed by atoms with van der Waals surface area (Å²) in [6, 6.07) is 9.34. The van der Waals surface area contributed by atoms with Crippen LogP contribution in [-0.4, -0.2) is 32.8 Å². The van der Waals surface area contributed by atoms with Crippen molar-refractivity contribution in [2.24, 2.45) is 0 Å². The lowest BCUT2D eigenvalue weighted by Crippen LogP contribution is -2.26. The Morgan fingerprint density at radius 1 is 1.18 bits per heavy atom. The average Bonchev–Trinajstić information content (AvgIpc) is 2.36. The summed E-state index contributed by atoms with van der Waals surface area (Å²) in [7, 11) is 1.57. The highest BCUT2D eigenvalue weighted by molar-refractivity contribution is 5.74. The minimum absolute atomic E-state index is 0.211. The van der Waals surface area contributed by atoms with E-state index in [4.69, 9.17) is 14.3 Å². The second kappa shape index (κ2) is 8.55. The van der Waals surface area contributed by atoms with Gasteiger partial charge in [0.15, 0.2) is 0 Å². The standard InChI is InChI=1S/C12H17NO4/c1-15-9-10-17-13-12(14)7-8-16-11-5-3-2-4-6-11/h2-6H,7-10H2,1H3,(H,13,14). The molecule has 0 aliphatic rings. The summed E-state index contributed by atoms with van der Waals surface area (Å²) < 4.78 is 10.1. The third-order valence-electron chi connectivity index (χ3n) is 1.92. The summed E-state index contributed by atoms with van der Waals surface area (Å²) in [6.45, 7) is 1.10. The third kappa shape index (κ3) is 6.55. The molecule has 1 rings (SSSR count). The molecule has 94 valence electrons. The molecule has 0 bridgehead atoms. The van der Waals surface area contributed by atoms with E-state index in [0.717, 1.165) is 5.75 Å². The first kappa shape index (κ1) is 13.5. The van der Waals surface area contributed by atoms with Crippen LogP contribution in [0.2, 0.25) is 0 Å². The summed E-state index contributed by atoms with van der Waals surface area (Å²) in [5.74, 6) is 0.539. The van der Waals surface area contributed by atoms with Gasteiger partial charge in [0.05, 0.1) is 26.2 Å². The van der Waals surface area contributed by atoms with Gasteiger partial charge in [-0.25, -0.2) is 5.48 Å². The molecule has 0 aromatic heterocycles. The summed E-state index contributed by atoms with van der Waals surface area (Å²) in [5.41, 5.74) is 2.30. The quantitative estimate of drug-likeness (QED) is 0.546. The highest BCUT2D eigenvalue weighted by Crippen LogP contribution is 2.08. The first-order chi connectivity index (χ1) is 8.33. The van der Waals surface area contributed by atoms with E-state index < -0.39 is 0 Å². The van der Waals surface area contributed by atoms with E-state index in [1.54, 1.807) is 7.11 Å². The van der Waals surface area contributed by atoms with Crippen LogP contribution in [-0.2, 0) is 14.4 Å². The number of para-hydroxylation sites is 1. The maximum absolute atomic E-state index is 11.2. The molecule has 0 spiro atoms. The summed E-state index contributed by atoms with van der Waals surface area (Å²) in [5, 5.41) is 0. The molecule has 1 amide bonds. The van der Waals surface area contributed by atoms with Crippen LogP contribution in [0, 0.1) is 0 Å². The van der Waals surface area contributed by atoms with Crippen molar-refractivity contribution in [1.82, 2.24) is 5.48 Å². The van der Waals surface area contributed by atoms with Crippen molar-refractivity contribution in [2.75, 3.05) is 26.9 Å². The van der Waals surface area contributed by atoms with Gasteiger partial charge in [0.2, 0.25) is 5.91 Å². The van der Waals surface area contributed by atoms with Crippen molar-refractivity contribution < 1.29 is 19.1 Å². The number of carbonyl (C=O) groups excluding carboxylic acids is 1. The maximum Gasteiger partial charge on any atom is 0.246 e. The number of carbonyl (C=O) groups is 1. The number of benzene rings is 1. The predicted molar refractivity (Wildman–Crippen MR) is 62.5 cm³/mol. The van der Waals surface area contributed by atoms with Gasteiger partial charge in [-0.1, -0.05) is 18.2 Å². The van der Waals surface area contributed by atoms with E-state index in [1.165, 1.54) is 0 Å². The number of hydroxylamine groups is 1. The molecule has 0 radical (unpaired) electrons. The van der Waals surface area contributed by atoms with Crippen molar-refractivity contribution >= 4 is 5.91 Å². The zero-order valence-corrected chi connectivity index (χ0v) is 9.85. The molecule has 0 atom stereocenters. The molecule has 0 saturated heterocycles. The van der Waals surface area contributed by atoms with Crippen LogP contribution in [0.3, 0.4) is 0 Å². The highest BCUT2D eigenvalue weighted by Gasteiger charge is 2.01. The molecule has 0 aliphatic heterocycles. The number of methoxy groups -OCH3 is 1. The fourth-order valence-electron chi connectivity index (χ4n) is 1.09. The van der Waals surface area contributed by atoms with Gasteiger partial charge in [-0.2, -0.15) is 0 Å². The van der Waals surface area contributed by atoms with E-state index in [-0.39, 0.29) is 12.3 Å². The number of amides is 1. The van der Waals surface area contributed by atoms with Gasteiger partial charge < -0.3 is 9.47 Å². The molecular formula is C12H17NO4.